The zero-order valence-corrected chi connectivity index (χ0v) is 9.36. The van der Waals surface area contributed by atoms with Gasteiger partial charge in [0.05, 0.1) is 13.2 Å². The monoisotopic (exact) mass is 206 g/mol. The molecule has 1 aliphatic heterocycles. The molecule has 1 aromatic carbocycles. The minimum atomic E-state index is 0.296. The summed E-state index contributed by atoms with van der Waals surface area (Å²) in [5.74, 6) is 0.967. The summed E-state index contributed by atoms with van der Waals surface area (Å²) in [6.45, 7) is 1.71. The maximum atomic E-state index is 5.83. The first kappa shape index (κ1) is 10.5. The Morgan fingerprint density at radius 3 is 3.00 bits per heavy atom. The van der Waals surface area contributed by atoms with E-state index in [2.05, 4.69) is 24.1 Å². The molecule has 0 spiro atoms. The lowest BCUT2D eigenvalue weighted by molar-refractivity contribution is 0.229. The third-order valence-electron chi connectivity index (χ3n) is 3.20. The van der Waals surface area contributed by atoms with Crippen LogP contribution >= 0.6 is 0 Å². The van der Waals surface area contributed by atoms with Crippen molar-refractivity contribution in [2.24, 2.45) is 5.73 Å². The minimum Gasteiger partial charge on any atom is -0.496 e. The summed E-state index contributed by atoms with van der Waals surface area (Å²) < 4.78 is 5.41. The Morgan fingerprint density at radius 1 is 1.53 bits per heavy atom. The predicted molar refractivity (Wildman–Crippen MR) is 61.1 cm³/mol. The summed E-state index contributed by atoms with van der Waals surface area (Å²) in [5.41, 5.74) is 8.49. The van der Waals surface area contributed by atoms with Crippen molar-refractivity contribution in [2.75, 3.05) is 27.2 Å². The van der Waals surface area contributed by atoms with Crippen LogP contribution in [-0.4, -0.2) is 32.1 Å². The van der Waals surface area contributed by atoms with Gasteiger partial charge in [-0.2, -0.15) is 0 Å². The maximum Gasteiger partial charge on any atom is 0.123 e. The minimum absolute atomic E-state index is 0.296. The molecule has 1 unspecified atom stereocenters. The van der Waals surface area contributed by atoms with Crippen LogP contribution in [0.25, 0.3) is 0 Å². The number of hydrogen-bond donors (Lipinski definition) is 1. The molecule has 0 radical (unpaired) electrons. The number of nitrogens with two attached hydrogens (primary N) is 1. The molecule has 1 atom stereocenters. The van der Waals surface area contributed by atoms with Crippen LogP contribution in [0, 0.1) is 0 Å². The molecule has 82 valence electrons. The smallest absolute Gasteiger partial charge is 0.123 e. The third-order valence-corrected chi connectivity index (χ3v) is 3.20. The van der Waals surface area contributed by atoms with Gasteiger partial charge < -0.3 is 10.5 Å². The molecule has 1 aliphatic rings. The molecular formula is C12H18N2O. The number of benzene rings is 1. The van der Waals surface area contributed by atoms with E-state index in [-0.39, 0.29) is 0 Å². The van der Waals surface area contributed by atoms with Gasteiger partial charge in [0.1, 0.15) is 5.75 Å². The Balaban J connectivity index is 2.49. The molecule has 2 rings (SSSR count). The second kappa shape index (κ2) is 4.21. The first-order valence-electron chi connectivity index (χ1n) is 5.34. The maximum absolute atomic E-state index is 5.83. The Bertz CT molecular complexity index is 337. The Hall–Kier alpha value is -1.06. The Morgan fingerprint density at radius 2 is 2.33 bits per heavy atom. The van der Waals surface area contributed by atoms with Crippen molar-refractivity contribution in [2.45, 2.75) is 12.5 Å². The van der Waals surface area contributed by atoms with Crippen molar-refractivity contribution in [3.63, 3.8) is 0 Å². The predicted octanol–water partition coefficient (Wildman–Crippen LogP) is 1.18. The van der Waals surface area contributed by atoms with E-state index in [9.17, 15) is 0 Å². The molecule has 0 saturated heterocycles. The number of hydrogen-bond acceptors (Lipinski definition) is 3. The van der Waals surface area contributed by atoms with Gasteiger partial charge in [-0.05, 0) is 25.1 Å². The zero-order chi connectivity index (χ0) is 10.8. The molecule has 0 amide bonds. The van der Waals surface area contributed by atoms with Gasteiger partial charge in [0.15, 0.2) is 0 Å². The Labute approximate surface area is 90.8 Å². The van der Waals surface area contributed by atoms with E-state index < -0.39 is 0 Å². The average Bonchev–Trinajstić information content (AvgIpc) is 2.28. The quantitative estimate of drug-likeness (QED) is 0.789. The van der Waals surface area contributed by atoms with E-state index in [1.54, 1.807) is 7.11 Å². The lowest BCUT2D eigenvalue weighted by Crippen LogP contribution is -2.36. The summed E-state index contributed by atoms with van der Waals surface area (Å²) in [5, 5.41) is 0. The summed E-state index contributed by atoms with van der Waals surface area (Å²) in [6.07, 6.45) is 1.08. The average molecular weight is 206 g/mol. The zero-order valence-electron chi connectivity index (χ0n) is 9.36. The van der Waals surface area contributed by atoms with Gasteiger partial charge in [0.25, 0.3) is 0 Å². The van der Waals surface area contributed by atoms with Gasteiger partial charge in [0, 0.05) is 18.7 Å². The van der Waals surface area contributed by atoms with Gasteiger partial charge >= 0.3 is 0 Å². The van der Waals surface area contributed by atoms with Crippen molar-refractivity contribution in [1.82, 2.24) is 4.90 Å². The molecule has 15 heavy (non-hydrogen) atoms. The van der Waals surface area contributed by atoms with E-state index in [1.807, 2.05) is 6.07 Å². The highest BCUT2D eigenvalue weighted by molar-refractivity contribution is 5.44. The highest BCUT2D eigenvalue weighted by atomic mass is 16.5. The normalized spacial score (nSPS) is 21.1. The number of nitrogens with zero attached hydrogens (tertiary/aromatic N) is 1. The van der Waals surface area contributed by atoms with E-state index >= 15 is 0 Å². The number of fused-ring (bicyclic) bond motifs is 1. The van der Waals surface area contributed by atoms with Crippen molar-refractivity contribution >= 4 is 0 Å². The Kier molecular flexibility index (Phi) is 2.93. The highest BCUT2D eigenvalue weighted by Crippen LogP contribution is 2.34. The van der Waals surface area contributed by atoms with E-state index in [0.29, 0.717) is 12.6 Å². The number of rotatable bonds is 2. The topological polar surface area (TPSA) is 38.5 Å². The number of ether oxygens (including phenoxy) is 1. The van der Waals surface area contributed by atoms with E-state index in [0.717, 1.165) is 18.7 Å². The lowest BCUT2D eigenvalue weighted by atomic mass is 9.92. The molecule has 1 aromatic rings. The molecule has 0 aliphatic carbocycles. The van der Waals surface area contributed by atoms with Gasteiger partial charge in [-0.1, -0.05) is 12.1 Å². The largest absolute Gasteiger partial charge is 0.496 e. The standard InChI is InChI=1S/C12H18N2O/c1-14-7-6-9-4-3-5-11(15-2)12(9)10(14)8-13/h3-5,10H,6-8,13H2,1-2H3. The first-order chi connectivity index (χ1) is 7.27. The summed E-state index contributed by atoms with van der Waals surface area (Å²) in [7, 11) is 3.84. The van der Waals surface area contributed by atoms with Crippen LogP contribution in [0.2, 0.25) is 0 Å². The van der Waals surface area contributed by atoms with Crippen LogP contribution in [0.5, 0.6) is 5.75 Å². The SMILES string of the molecule is COc1cccc2c1C(CN)N(C)CC2. The van der Waals surface area contributed by atoms with Gasteiger partial charge in [-0.3, -0.25) is 4.90 Å². The molecular weight excluding hydrogens is 188 g/mol. The highest BCUT2D eigenvalue weighted by Gasteiger charge is 2.26. The fraction of sp³-hybridized carbons (Fsp3) is 0.500. The van der Waals surface area contributed by atoms with Gasteiger partial charge in [-0.25, -0.2) is 0 Å². The third kappa shape index (κ3) is 1.73. The van der Waals surface area contributed by atoms with Crippen molar-refractivity contribution in [1.29, 1.82) is 0 Å². The van der Waals surface area contributed by atoms with Crippen LogP contribution in [0.1, 0.15) is 17.2 Å². The van der Waals surface area contributed by atoms with Crippen molar-refractivity contribution in [3.05, 3.63) is 29.3 Å². The van der Waals surface area contributed by atoms with Crippen LogP contribution in [0.4, 0.5) is 0 Å². The molecule has 0 bridgehead atoms. The number of methoxy groups -OCH3 is 1. The van der Waals surface area contributed by atoms with Crippen molar-refractivity contribution in [3.8, 4) is 5.75 Å². The van der Waals surface area contributed by atoms with Crippen LogP contribution in [0.3, 0.4) is 0 Å². The molecule has 0 saturated carbocycles. The lowest BCUT2D eigenvalue weighted by Gasteiger charge is -2.34. The molecule has 0 aromatic heterocycles. The second-order valence-corrected chi connectivity index (χ2v) is 4.02. The molecule has 1 heterocycles. The first-order valence-corrected chi connectivity index (χ1v) is 5.34. The van der Waals surface area contributed by atoms with Crippen LogP contribution in [-0.2, 0) is 6.42 Å². The van der Waals surface area contributed by atoms with E-state index in [1.165, 1.54) is 11.1 Å². The summed E-state index contributed by atoms with van der Waals surface area (Å²) in [6, 6.07) is 6.54. The molecule has 0 fully saturated rings. The van der Waals surface area contributed by atoms with Crippen LogP contribution in [0.15, 0.2) is 18.2 Å². The second-order valence-electron chi connectivity index (χ2n) is 4.02. The molecule has 2 N–H and O–H groups in total. The molecule has 3 heteroatoms. The van der Waals surface area contributed by atoms with E-state index in [4.69, 9.17) is 10.5 Å². The summed E-state index contributed by atoms with van der Waals surface area (Å²) >= 11 is 0. The number of likely N-dealkylation sites (N-methyl/N-ethyl adjacent to an activating group) is 1. The van der Waals surface area contributed by atoms with Gasteiger partial charge in [0.2, 0.25) is 0 Å². The van der Waals surface area contributed by atoms with Crippen molar-refractivity contribution < 1.29 is 4.74 Å². The summed E-state index contributed by atoms with van der Waals surface area (Å²) in [4.78, 5) is 2.30. The fourth-order valence-electron chi connectivity index (χ4n) is 2.33. The van der Waals surface area contributed by atoms with Gasteiger partial charge in [-0.15, -0.1) is 0 Å². The molecule has 3 nitrogen and oxygen atoms in total. The fourth-order valence-corrected chi connectivity index (χ4v) is 2.33. The van der Waals surface area contributed by atoms with Crippen LogP contribution < -0.4 is 10.5 Å².